The number of halogens is 1. The number of benzene rings is 1. The van der Waals surface area contributed by atoms with Crippen LogP contribution in [0.2, 0.25) is 5.02 Å². The Morgan fingerprint density at radius 3 is 2.71 bits per heavy atom. The topological polar surface area (TPSA) is 110 Å². The lowest BCUT2D eigenvalue weighted by molar-refractivity contribution is -0.121. The third kappa shape index (κ3) is 5.60. The van der Waals surface area contributed by atoms with E-state index in [0.717, 1.165) is 23.8 Å². The second-order valence-electron chi connectivity index (χ2n) is 6.74. The minimum Gasteiger partial charge on any atom is -0.441 e. The number of carbonyl (C=O) groups is 2. The molecule has 1 aliphatic heterocycles. The SMILES string of the molecule is O=C(CCc1ncc(-c2ccc(Cl)cc2)o1)NNC(=O)c1csc(N2CCOCC2)n1. The molecular weight excluding hydrogens is 442 g/mol. The fourth-order valence-corrected chi connectivity index (χ4v) is 3.90. The second-order valence-corrected chi connectivity index (χ2v) is 8.02. The van der Waals surface area contributed by atoms with Gasteiger partial charge in [-0.2, -0.15) is 0 Å². The van der Waals surface area contributed by atoms with Gasteiger partial charge in [0.25, 0.3) is 5.91 Å². The summed E-state index contributed by atoms with van der Waals surface area (Å²) in [5.41, 5.74) is 5.88. The summed E-state index contributed by atoms with van der Waals surface area (Å²) in [4.78, 5) is 34.9. The van der Waals surface area contributed by atoms with E-state index in [1.807, 2.05) is 12.1 Å². The summed E-state index contributed by atoms with van der Waals surface area (Å²) < 4.78 is 11.0. The van der Waals surface area contributed by atoms with Crippen LogP contribution in [-0.4, -0.2) is 48.1 Å². The summed E-state index contributed by atoms with van der Waals surface area (Å²) >= 11 is 7.27. The number of aryl methyl sites for hydroxylation is 1. The average Bonchev–Trinajstić information content (AvgIpc) is 3.47. The van der Waals surface area contributed by atoms with E-state index in [1.54, 1.807) is 23.7 Å². The number of thiazole rings is 1. The Labute approximate surface area is 187 Å². The lowest BCUT2D eigenvalue weighted by Gasteiger charge is -2.25. The molecule has 0 atom stereocenters. The molecule has 0 spiro atoms. The number of rotatable bonds is 6. The maximum Gasteiger partial charge on any atom is 0.289 e. The highest BCUT2D eigenvalue weighted by Gasteiger charge is 2.18. The predicted octanol–water partition coefficient (Wildman–Crippen LogP) is 2.68. The Balaban J connectivity index is 1.23. The van der Waals surface area contributed by atoms with Crippen LogP contribution in [0, 0.1) is 0 Å². The summed E-state index contributed by atoms with van der Waals surface area (Å²) in [6, 6.07) is 7.19. The van der Waals surface area contributed by atoms with Crippen LogP contribution in [0.15, 0.2) is 40.3 Å². The Bertz CT molecular complexity index is 1050. The Kier molecular flexibility index (Phi) is 6.80. The summed E-state index contributed by atoms with van der Waals surface area (Å²) in [6.45, 7) is 2.77. The van der Waals surface area contributed by atoms with Crippen molar-refractivity contribution in [3.63, 3.8) is 0 Å². The van der Waals surface area contributed by atoms with Gasteiger partial charge in [0.05, 0.1) is 19.4 Å². The zero-order chi connectivity index (χ0) is 21.6. The molecule has 31 heavy (non-hydrogen) atoms. The molecule has 0 radical (unpaired) electrons. The van der Waals surface area contributed by atoms with E-state index >= 15 is 0 Å². The molecule has 4 rings (SSSR count). The molecule has 1 aliphatic rings. The minimum absolute atomic E-state index is 0.108. The number of amides is 2. The van der Waals surface area contributed by atoms with Gasteiger partial charge in [0.2, 0.25) is 5.91 Å². The normalized spacial score (nSPS) is 13.8. The van der Waals surface area contributed by atoms with Crippen LogP contribution >= 0.6 is 22.9 Å². The minimum atomic E-state index is -0.467. The Morgan fingerprint density at radius 2 is 1.94 bits per heavy atom. The number of nitrogens with zero attached hydrogens (tertiary/aromatic N) is 3. The first kappa shape index (κ1) is 21.3. The van der Waals surface area contributed by atoms with Crippen molar-refractivity contribution in [3.05, 3.63) is 52.4 Å². The van der Waals surface area contributed by atoms with Crippen LogP contribution in [0.4, 0.5) is 5.13 Å². The highest BCUT2D eigenvalue weighted by molar-refractivity contribution is 7.13. The van der Waals surface area contributed by atoms with Gasteiger partial charge in [-0.3, -0.25) is 20.4 Å². The molecule has 3 heterocycles. The van der Waals surface area contributed by atoms with E-state index in [2.05, 4.69) is 25.7 Å². The maximum atomic E-state index is 12.2. The third-order valence-electron chi connectivity index (χ3n) is 4.57. The van der Waals surface area contributed by atoms with Gasteiger partial charge in [-0.05, 0) is 24.3 Å². The average molecular weight is 462 g/mol. The molecule has 9 nitrogen and oxygen atoms in total. The van der Waals surface area contributed by atoms with Gasteiger partial charge in [0, 0.05) is 41.9 Å². The van der Waals surface area contributed by atoms with Crippen LogP contribution in [0.1, 0.15) is 22.8 Å². The molecule has 0 saturated carbocycles. The largest absolute Gasteiger partial charge is 0.441 e. The molecule has 1 aromatic carbocycles. The highest BCUT2D eigenvalue weighted by atomic mass is 35.5. The molecule has 2 N–H and O–H groups in total. The summed E-state index contributed by atoms with van der Waals surface area (Å²) in [6.07, 6.45) is 2.01. The van der Waals surface area contributed by atoms with Gasteiger partial charge >= 0.3 is 0 Å². The van der Waals surface area contributed by atoms with Crippen molar-refractivity contribution in [3.8, 4) is 11.3 Å². The fraction of sp³-hybridized carbons (Fsp3) is 0.300. The number of hydrogen-bond acceptors (Lipinski definition) is 8. The Hall–Kier alpha value is -2.95. The third-order valence-corrected chi connectivity index (χ3v) is 5.72. The monoisotopic (exact) mass is 461 g/mol. The standard InChI is InChI=1S/C20H20ClN5O4S/c21-14-3-1-13(2-4-14)16-11-22-18(30-16)6-5-17(27)24-25-19(28)15-12-31-20(23-15)26-7-9-29-10-8-26/h1-4,11-12H,5-10H2,(H,24,27)(H,25,28). The first-order valence-corrected chi connectivity index (χ1v) is 10.9. The van der Waals surface area contributed by atoms with E-state index in [0.29, 0.717) is 36.3 Å². The number of carbonyl (C=O) groups excluding carboxylic acids is 2. The van der Waals surface area contributed by atoms with E-state index in [1.165, 1.54) is 11.3 Å². The quantitative estimate of drug-likeness (QED) is 0.543. The molecule has 11 heteroatoms. The molecule has 0 bridgehead atoms. The summed E-state index contributed by atoms with van der Waals surface area (Å²) in [5, 5.41) is 3.06. The molecule has 2 amide bonds. The molecule has 162 valence electrons. The number of ether oxygens (including phenoxy) is 1. The predicted molar refractivity (Wildman–Crippen MR) is 116 cm³/mol. The number of morpholine rings is 1. The number of hydrogen-bond donors (Lipinski definition) is 2. The van der Waals surface area contributed by atoms with Crippen molar-refractivity contribution in [2.24, 2.45) is 0 Å². The van der Waals surface area contributed by atoms with Crippen molar-refractivity contribution in [2.45, 2.75) is 12.8 Å². The van der Waals surface area contributed by atoms with Crippen LogP contribution in [0.3, 0.4) is 0 Å². The second kappa shape index (κ2) is 9.90. The molecule has 1 fully saturated rings. The summed E-state index contributed by atoms with van der Waals surface area (Å²) in [5.74, 6) is 0.203. The molecule has 2 aromatic heterocycles. The number of aromatic nitrogens is 2. The molecule has 3 aromatic rings. The van der Waals surface area contributed by atoms with Crippen molar-refractivity contribution in [1.82, 2.24) is 20.8 Å². The van der Waals surface area contributed by atoms with Crippen LogP contribution < -0.4 is 15.8 Å². The van der Waals surface area contributed by atoms with Crippen molar-refractivity contribution >= 4 is 39.9 Å². The van der Waals surface area contributed by atoms with Gasteiger partial charge in [0.15, 0.2) is 16.8 Å². The van der Waals surface area contributed by atoms with Crippen LogP contribution in [-0.2, 0) is 16.0 Å². The molecule has 1 saturated heterocycles. The fourth-order valence-electron chi connectivity index (χ4n) is 2.92. The first-order chi connectivity index (χ1) is 15.1. The first-order valence-electron chi connectivity index (χ1n) is 9.66. The van der Waals surface area contributed by atoms with Crippen molar-refractivity contribution in [2.75, 3.05) is 31.2 Å². The Morgan fingerprint density at radius 1 is 1.16 bits per heavy atom. The van der Waals surface area contributed by atoms with Crippen LogP contribution in [0.5, 0.6) is 0 Å². The van der Waals surface area contributed by atoms with Gasteiger partial charge in [-0.1, -0.05) is 11.6 Å². The van der Waals surface area contributed by atoms with Crippen molar-refractivity contribution in [1.29, 1.82) is 0 Å². The summed E-state index contributed by atoms with van der Waals surface area (Å²) in [7, 11) is 0. The van der Waals surface area contributed by atoms with E-state index in [9.17, 15) is 9.59 Å². The van der Waals surface area contributed by atoms with E-state index < -0.39 is 5.91 Å². The molecule has 0 aliphatic carbocycles. The number of hydrazine groups is 1. The van der Waals surface area contributed by atoms with Gasteiger partial charge in [0.1, 0.15) is 5.69 Å². The smallest absolute Gasteiger partial charge is 0.289 e. The van der Waals surface area contributed by atoms with Gasteiger partial charge < -0.3 is 14.1 Å². The zero-order valence-electron chi connectivity index (χ0n) is 16.5. The van der Waals surface area contributed by atoms with E-state index in [4.69, 9.17) is 20.8 Å². The molecular formula is C20H20ClN5O4S. The highest BCUT2D eigenvalue weighted by Crippen LogP contribution is 2.23. The van der Waals surface area contributed by atoms with Crippen LogP contribution in [0.25, 0.3) is 11.3 Å². The van der Waals surface area contributed by atoms with E-state index in [-0.39, 0.29) is 18.0 Å². The number of nitrogens with one attached hydrogen (secondary N) is 2. The lowest BCUT2D eigenvalue weighted by atomic mass is 10.2. The zero-order valence-corrected chi connectivity index (χ0v) is 18.0. The number of oxazole rings is 1. The van der Waals surface area contributed by atoms with Crippen molar-refractivity contribution < 1.29 is 18.7 Å². The maximum absolute atomic E-state index is 12.2. The lowest BCUT2D eigenvalue weighted by Crippen LogP contribution is -2.42. The molecule has 0 unspecified atom stereocenters. The number of anilines is 1. The van der Waals surface area contributed by atoms with Gasteiger partial charge in [-0.25, -0.2) is 9.97 Å². The van der Waals surface area contributed by atoms with Gasteiger partial charge in [-0.15, -0.1) is 11.3 Å².